The van der Waals surface area contributed by atoms with Gasteiger partial charge in [-0.1, -0.05) is 43.2 Å². The number of nitrogens with zero attached hydrogens (tertiary/aromatic N) is 2. The number of aromatic nitrogens is 2. The average molecular weight is 269 g/mol. The van der Waals surface area contributed by atoms with E-state index in [4.69, 9.17) is 5.10 Å². The highest BCUT2D eigenvalue weighted by molar-refractivity contribution is 5.17. The van der Waals surface area contributed by atoms with E-state index in [1.54, 1.807) is 0 Å². The van der Waals surface area contributed by atoms with Gasteiger partial charge in [0, 0.05) is 24.8 Å². The van der Waals surface area contributed by atoms with Crippen molar-refractivity contribution in [1.82, 2.24) is 15.1 Å². The summed E-state index contributed by atoms with van der Waals surface area (Å²) in [5.74, 6) is 0. The normalized spacial score (nSPS) is 15.8. The zero-order chi connectivity index (χ0) is 13.8. The van der Waals surface area contributed by atoms with Gasteiger partial charge in [-0.05, 0) is 25.3 Å². The lowest BCUT2D eigenvalue weighted by atomic mass is 10.2. The standard InChI is InChI=1S/C17H23N3/c1-14-16(12-18-11-15-7-3-2-4-8-15)13-20(19-14)17-9-5-6-10-17/h2-4,7-8,13,17-18H,5-6,9-12H2,1H3. The first-order chi connectivity index (χ1) is 9.83. The summed E-state index contributed by atoms with van der Waals surface area (Å²) in [6.07, 6.45) is 7.52. The Kier molecular flexibility index (Phi) is 4.16. The summed E-state index contributed by atoms with van der Waals surface area (Å²) in [4.78, 5) is 0. The summed E-state index contributed by atoms with van der Waals surface area (Å²) in [6, 6.07) is 11.2. The minimum Gasteiger partial charge on any atom is -0.308 e. The molecule has 3 nitrogen and oxygen atoms in total. The van der Waals surface area contributed by atoms with Crippen LogP contribution in [0.2, 0.25) is 0 Å². The number of hydrogen-bond acceptors (Lipinski definition) is 2. The topological polar surface area (TPSA) is 29.9 Å². The van der Waals surface area contributed by atoms with E-state index in [0.29, 0.717) is 6.04 Å². The molecule has 0 saturated heterocycles. The second-order valence-electron chi connectivity index (χ2n) is 5.75. The van der Waals surface area contributed by atoms with Crippen molar-refractivity contribution in [3.8, 4) is 0 Å². The molecule has 2 aromatic rings. The molecule has 1 aliphatic rings. The van der Waals surface area contributed by atoms with Gasteiger partial charge in [0.25, 0.3) is 0 Å². The van der Waals surface area contributed by atoms with E-state index in [2.05, 4.69) is 53.5 Å². The van der Waals surface area contributed by atoms with E-state index in [9.17, 15) is 0 Å². The van der Waals surface area contributed by atoms with Crippen molar-refractivity contribution in [2.45, 2.75) is 51.7 Å². The van der Waals surface area contributed by atoms with Crippen LogP contribution in [-0.4, -0.2) is 9.78 Å². The number of benzene rings is 1. The molecule has 1 saturated carbocycles. The number of rotatable bonds is 5. The third-order valence-electron chi connectivity index (χ3n) is 4.20. The summed E-state index contributed by atoms with van der Waals surface area (Å²) in [5.41, 5.74) is 3.82. The van der Waals surface area contributed by atoms with Gasteiger partial charge in [-0.15, -0.1) is 0 Å². The molecule has 0 amide bonds. The molecular formula is C17H23N3. The fraction of sp³-hybridized carbons (Fsp3) is 0.471. The number of hydrogen-bond donors (Lipinski definition) is 1. The minimum atomic E-state index is 0.636. The molecule has 106 valence electrons. The highest BCUT2D eigenvalue weighted by atomic mass is 15.3. The van der Waals surface area contributed by atoms with E-state index < -0.39 is 0 Å². The van der Waals surface area contributed by atoms with Crippen molar-refractivity contribution in [2.24, 2.45) is 0 Å². The first-order valence-corrected chi connectivity index (χ1v) is 7.62. The molecule has 0 radical (unpaired) electrons. The van der Waals surface area contributed by atoms with Crippen molar-refractivity contribution >= 4 is 0 Å². The quantitative estimate of drug-likeness (QED) is 0.899. The Morgan fingerprint density at radius 1 is 1.15 bits per heavy atom. The second kappa shape index (κ2) is 6.23. The van der Waals surface area contributed by atoms with Crippen molar-refractivity contribution < 1.29 is 0 Å². The highest BCUT2D eigenvalue weighted by Crippen LogP contribution is 2.29. The van der Waals surface area contributed by atoms with Gasteiger partial charge in [-0.2, -0.15) is 5.10 Å². The van der Waals surface area contributed by atoms with Gasteiger partial charge in [0.1, 0.15) is 0 Å². The molecule has 0 aliphatic heterocycles. The molecular weight excluding hydrogens is 246 g/mol. The summed E-state index contributed by atoms with van der Waals surface area (Å²) in [7, 11) is 0. The molecule has 1 aromatic heterocycles. The van der Waals surface area contributed by atoms with Gasteiger partial charge in [0.15, 0.2) is 0 Å². The van der Waals surface area contributed by atoms with E-state index >= 15 is 0 Å². The third kappa shape index (κ3) is 3.10. The molecule has 0 unspecified atom stereocenters. The molecule has 0 bridgehead atoms. The summed E-state index contributed by atoms with van der Waals surface area (Å²) >= 11 is 0. The first kappa shape index (κ1) is 13.4. The monoisotopic (exact) mass is 269 g/mol. The zero-order valence-corrected chi connectivity index (χ0v) is 12.2. The molecule has 1 heterocycles. The van der Waals surface area contributed by atoms with E-state index in [-0.39, 0.29) is 0 Å². The van der Waals surface area contributed by atoms with Crippen LogP contribution in [0.5, 0.6) is 0 Å². The predicted octanol–water partition coefficient (Wildman–Crippen LogP) is 3.60. The smallest absolute Gasteiger partial charge is 0.0638 e. The van der Waals surface area contributed by atoms with Gasteiger partial charge in [0.05, 0.1) is 11.7 Å². The molecule has 3 heteroatoms. The lowest BCUT2D eigenvalue weighted by Gasteiger charge is -2.08. The van der Waals surface area contributed by atoms with Crippen LogP contribution >= 0.6 is 0 Å². The second-order valence-corrected chi connectivity index (χ2v) is 5.75. The van der Waals surface area contributed by atoms with Crippen molar-refractivity contribution in [2.75, 3.05) is 0 Å². The Bertz CT molecular complexity index is 539. The highest BCUT2D eigenvalue weighted by Gasteiger charge is 2.18. The SMILES string of the molecule is Cc1nn(C2CCCC2)cc1CNCc1ccccc1. The molecule has 1 fully saturated rings. The fourth-order valence-electron chi connectivity index (χ4n) is 2.99. The maximum Gasteiger partial charge on any atom is 0.0638 e. The molecule has 1 aromatic carbocycles. The number of nitrogens with one attached hydrogen (secondary N) is 1. The van der Waals surface area contributed by atoms with Crippen LogP contribution in [0.3, 0.4) is 0 Å². The van der Waals surface area contributed by atoms with Gasteiger partial charge in [0.2, 0.25) is 0 Å². The Morgan fingerprint density at radius 3 is 2.65 bits per heavy atom. The van der Waals surface area contributed by atoms with Crippen LogP contribution in [0.15, 0.2) is 36.5 Å². The van der Waals surface area contributed by atoms with Crippen LogP contribution in [0.25, 0.3) is 0 Å². The Labute approximate surface area is 121 Å². The maximum absolute atomic E-state index is 4.69. The molecule has 1 aliphatic carbocycles. The fourth-order valence-corrected chi connectivity index (χ4v) is 2.99. The Morgan fingerprint density at radius 2 is 1.90 bits per heavy atom. The van der Waals surface area contributed by atoms with Gasteiger partial charge in [-0.25, -0.2) is 0 Å². The Hall–Kier alpha value is -1.61. The third-order valence-corrected chi connectivity index (χ3v) is 4.20. The van der Waals surface area contributed by atoms with Gasteiger partial charge in [-0.3, -0.25) is 4.68 Å². The lowest BCUT2D eigenvalue weighted by molar-refractivity contribution is 0.464. The van der Waals surface area contributed by atoms with Crippen LogP contribution in [-0.2, 0) is 13.1 Å². The maximum atomic E-state index is 4.69. The van der Waals surface area contributed by atoms with E-state index in [0.717, 1.165) is 18.8 Å². The zero-order valence-electron chi connectivity index (χ0n) is 12.2. The minimum absolute atomic E-state index is 0.636. The van der Waals surface area contributed by atoms with E-state index in [1.807, 2.05) is 0 Å². The summed E-state index contributed by atoms with van der Waals surface area (Å²) in [6.45, 7) is 3.92. The van der Waals surface area contributed by atoms with Gasteiger partial charge < -0.3 is 5.32 Å². The lowest BCUT2D eigenvalue weighted by Crippen LogP contribution is -2.12. The van der Waals surface area contributed by atoms with Crippen molar-refractivity contribution in [1.29, 1.82) is 0 Å². The van der Waals surface area contributed by atoms with Crippen molar-refractivity contribution in [3.63, 3.8) is 0 Å². The first-order valence-electron chi connectivity index (χ1n) is 7.62. The predicted molar refractivity (Wildman–Crippen MR) is 81.5 cm³/mol. The summed E-state index contributed by atoms with van der Waals surface area (Å²) in [5, 5.41) is 8.20. The molecule has 20 heavy (non-hydrogen) atoms. The Balaban J connectivity index is 1.57. The van der Waals surface area contributed by atoms with Crippen LogP contribution in [0, 0.1) is 6.92 Å². The van der Waals surface area contributed by atoms with E-state index in [1.165, 1.54) is 36.8 Å². The van der Waals surface area contributed by atoms with Crippen LogP contribution in [0.1, 0.15) is 48.5 Å². The largest absolute Gasteiger partial charge is 0.308 e. The molecule has 3 rings (SSSR count). The van der Waals surface area contributed by atoms with Gasteiger partial charge >= 0.3 is 0 Å². The summed E-state index contributed by atoms with van der Waals surface area (Å²) < 4.78 is 2.20. The average Bonchev–Trinajstić information content (AvgIpc) is 3.10. The molecule has 1 N–H and O–H groups in total. The van der Waals surface area contributed by atoms with Crippen LogP contribution in [0.4, 0.5) is 0 Å². The van der Waals surface area contributed by atoms with Crippen molar-refractivity contribution in [3.05, 3.63) is 53.3 Å². The molecule has 0 spiro atoms. The number of aryl methyl sites for hydroxylation is 1. The van der Waals surface area contributed by atoms with Crippen LogP contribution < -0.4 is 5.32 Å². The molecule has 0 atom stereocenters.